The zero-order chi connectivity index (χ0) is 15.2. The summed E-state index contributed by atoms with van der Waals surface area (Å²) in [7, 11) is 1.82. The minimum Gasteiger partial charge on any atom is -0.379 e. The average molecular weight is 291 g/mol. The molecule has 0 aromatic heterocycles. The molecule has 1 fully saturated rings. The number of hydrogen-bond acceptors (Lipinski definition) is 4. The highest BCUT2D eigenvalue weighted by Crippen LogP contribution is 2.19. The first-order valence-electron chi connectivity index (χ1n) is 7.09. The third kappa shape index (κ3) is 4.03. The number of nitrogens with one attached hydrogen (secondary N) is 3. The SMILES string of the molecule is CCC(=O)Nc1cccc(NC(=O)C2COCC2NC)c1. The number of carbonyl (C=O) groups excluding carboxylic acids is 2. The summed E-state index contributed by atoms with van der Waals surface area (Å²) in [6.45, 7) is 2.75. The van der Waals surface area contributed by atoms with Crippen molar-refractivity contribution >= 4 is 23.2 Å². The highest BCUT2D eigenvalue weighted by Gasteiger charge is 2.32. The number of anilines is 2. The van der Waals surface area contributed by atoms with Crippen molar-refractivity contribution in [2.75, 3.05) is 30.9 Å². The standard InChI is InChI=1S/C15H21N3O3/c1-3-14(19)17-10-5-4-6-11(7-10)18-15(20)12-8-21-9-13(12)16-2/h4-7,12-13,16H,3,8-9H2,1-2H3,(H,17,19)(H,18,20). The van der Waals surface area contributed by atoms with Crippen LogP contribution in [0.15, 0.2) is 24.3 Å². The minimum absolute atomic E-state index is 0.0352. The lowest BCUT2D eigenvalue weighted by Crippen LogP contribution is -2.39. The first-order chi connectivity index (χ1) is 10.1. The van der Waals surface area contributed by atoms with E-state index in [9.17, 15) is 9.59 Å². The Morgan fingerprint density at radius 1 is 1.24 bits per heavy atom. The third-order valence-electron chi connectivity index (χ3n) is 3.52. The van der Waals surface area contributed by atoms with Crippen molar-refractivity contribution < 1.29 is 14.3 Å². The van der Waals surface area contributed by atoms with E-state index in [4.69, 9.17) is 4.74 Å². The van der Waals surface area contributed by atoms with E-state index in [1.54, 1.807) is 31.2 Å². The van der Waals surface area contributed by atoms with Gasteiger partial charge in [-0.2, -0.15) is 0 Å². The monoisotopic (exact) mass is 291 g/mol. The maximum Gasteiger partial charge on any atom is 0.231 e. The summed E-state index contributed by atoms with van der Waals surface area (Å²) >= 11 is 0. The molecule has 0 aliphatic carbocycles. The van der Waals surface area contributed by atoms with E-state index in [0.717, 1.165) is 0 Å². The topological polar surface area (TPSA) is 79.5 Å². The molecule has 0 saturated carbocycles. The van der Waals surface area contributed by atoms with Crippen molar-refractivity contribution in [2.45, 2.75) is 19.4 Å². The zero-order valence-corrected chi connectivity index (χ0v) is 12.3. The fraction of sp³-hybridized carbons (Fsp3) is 0.467. The Kier molecular flexibility index (Phi) is 5.30. The molecule has 0 spiro atoms. The van der Waals surface area contributed by atoms with Crippen LogP contribution in [-0.2, 0) is 14.3 Å². The van der Waals surface area contributed by atoms with E-state index in [0.29, 0.717) is 31.0 Å². The van der Waals surface area contributed by atoms with Crippen molar-refractivity contribution in [3.8, 4) is 0 Å². The number of hydrogen-bond donors (Lipinski definition) is 3. The lowest BCUT2D eigenvalue weighted by atomic mass is 10.0. The minimum atomic E-state index is -0.205. The van der Waals surface area contributed by atoms with Gasteiger partial charge in [-0.05, 0) is 25.2 Å². The fourth-order valence-electron chi connectivity index (χ4n) is 2.26. The molecule has 1 aliphatic heterocycles. The molecule has 1 saturated heterocycles. The molecule has 0 bridgehead atoms. The van der Waals surface area contributed by atoms with Crippen molar-refractivity contribution in [3.63, 3.8) is 0 Å². The van der Waals surface area contributed by atoms with Gasteiger partial charge in [-0.15, -0.1) is 0 Å². The lowest BCUT2D eigenvalue weighted by molar-refractivity contribution is -0.120. The van der Waals surface area contributed by atoms with Crippen molar-refractivity contribution in [3.05, 3.63) is 24.3 Å². The quantitative estimate of drug-likeness (QED) is 0.762. The van der Waals surface area contributed by atoms with Crippen LogP contribution in [0.1, 0.15) is 13.3 Å². The van der Waals surface area contributed by atoms with Crippen LogP contribution in [0.4, 0.5) is 11.4 Å². The van der Waals surface area contributed by atoms with Crippen molar-refractivity contribution in [2.24, 2.45) is 5.92 Å². The Morgan fingerprint density at radius 3 is 2.62 bits per heavy atom. The summed E-state index contributed by atoms with van der Waals surface area (Å²) in [5.41, 5.74) is 1.34. The molecule has 114 valence electrons. The van der Waals surface area contributed by atoms with E-state index in [-0.39, 0.29) is 23.8 Å². The van der Waals surface area contributed by atoms with E-state index in [2.05, 4.69) is 16.0 Å². The van der Waals surface area contributed by atoms with E-state index in [1.807, 2.05) is 7.05 Å². The predicted molar refractivity (Wildman–Crippen MR) is 81.1 cm³/mol. The van der Waals surface area contributed by atoms with E-state index in [1.165, 1.54) is 0 Å². The molecule has 2 amide bonds. The molecule has 1 heterocycles. The Balaban J connectivity index is 2.00. The number of amides is 2. The Morgan fingerprint density at radius 2 is 1.95 bits per heavy atom. The number of ether oxygens (including phenoxy) is 1. The molecule has 2 atom stereocenters. The molecule has 2 rings (SSSR count). The fourth-order valence-corrected chi connectivity index (χ4v) is 2.26. The number of likely N-dealkylation sites (N-methyl/N-ethyl adjacent to an activating group) is 1. The van der Waals surface area contributed by atoms with Gasteiger partial charge >= 0.3 is 0 Å². The Bertz CT molecular complexity index is 519. The van der Waals surface area contributed by atoms with Crippen LogP contribution in [0.25, 0.3) is 0 Å². The van der Waals surface area contributed by atoms with Gasteiger partial charge in [0, 0.05) is 23.8 Å². The van der Waals surface area contributed by atoms with Crippen LogP contribution in [0, 0.1) is 5.92 Å². The van der Waals surface area contributed by atoms with Crippen molar-refractivity contribution in [1.82, 2.24) is 5.32 Å². The Hall–Kier alpha value is -1.92. The van der Waals surface area contributed by atoms with Gasteiger partial charge in [0.1, 0.15) is 0 Å². The number of benzene rings is 1. The Labute approximate surface area is 124 Å². The highest BCUT2D eigenvalue weighted by molar-refractivity contribution is 5.95. The molecule has 21 heavy (non-hydrogen) atoms. The summed E-state index contributed by atoms with van der Waals surface area (Å²) in [5.74, 6) is -0.340. The van der Waals surface area contributed by atoms with Gasteiger partial charge in [0.25, 0.3) is 0 Å². The van der Waals surface area contributed by atoms with Gasteiger partial charge < -0.3 is 20.7 Å². The molecule has 6 heteroatoms. The number of carbonyl (C=O) groups is 2. The summed E-state index contributed by atoms with van der Waals surface area (Å²) in [6, 6.07) is 7.16. The van der Waals surface area contributed by atoms with Crippen LogP contribution in [-0.4, -0.2) is 38.1 Å². The molecule has 1 aromatic rings. The smallest absolute Gasteiger partial charge is 0.231 e. The van der Waals surface area contributed by atoms with Gasteiger partial charge in [-0.1, -0.05) is 13.0 Å². The second-order valence-corrected chi connectivity index (χ2v) is 5.01. The zero-order valence-electron chi connectivity index (χ0n) is 12.3. The average Bonchev–Trinajstić information content (AvgIpc) is 2.96. The summed E-state index contributed by atoms with van der Waals surface area (Å²) < 4.78 is 5.33. The van der Waals surface area contributed by atoms with Gasteiger partial charge in [-0.25, -0.2) is 0 Å². The molecule has 1 aromatic carbocycles. The summed E-state index contributed by atoms with van der Waals surface area (Å²) in [4.78, 5) is 23.6. The third-order valence-corrected chi connectivity index (χ3v) is 3.52. The molecule has 6 nitrogen and oxygen atoms in total. The number of rotatable bonds is 5. The second-order valence-electron chi connectivity index (χ2n) is 5.01. The first kappa shape index (κ1) is 15.5. The summed E-state index contributed by atoms with van der Waals surface area (Å²) in [5, 5.41) is 8.72. The van der Waals surface area contributed by atoms with E-state index >= 15 is 0 Å². The second kappa shape index (κ2) is 7.19. The largest absolute Gasteiger partial charge is 0.379 e. The molecular weight excluding hydrogens is 270 g/mol. The maximum atomic E-state index is 12.3. The first-order valence-corrected chi connectivity index (χ1v) is 7.09. The summed E-state index contributed by atoms with van der Waals surface area (Å²) in [6.07, 6.45) is 0.417. The van der Waals surface area contributed by atoms with Crippen LogP contribution < -0.4 is 16.0 Å². The van der Waals surface area contributed by atoms with Gasteiger partial charge in [0.2, 0.25) is 11.8 Å². The molecule has 1 aliphatic rings. The van der Waals surface area contributed by atoms with Crippen LogP contribution >= 0.6 is 0 Å². The maximum absolute atomic E-state index is 12.3. The normalized spacial score (nSPS) is 21.0. The van der Waals surface area contributed by atoms with Crippen LogP contribution in [0.5, 0.6) is 0 Å². The van der Waals surface area contributed by atoms with Gasteiger partial charge in [0.15, 0.2) is 0 Å². The molecule has 2 unspecified atom stereocenters. The lowest BCUT2D eigenvalue weighted by Gasteiger charge is -2.16. The molecule has 0 radical (unpaired) electrons. The van der Waals surface area contributed by atoms with Gasteiger partial charge in [-0.3, -0.25) is 9.59 Å². The molecule has 3 N–H and O–H groups in total. The van der Waals surface area contributed by atoms with Crippen LogP contribution in [0.3, 0.4) is 0 Å². The van der Waals surface area contributed by atoms with E-state index < -0.39 is 0 Å². The predicted octanol–water partition coefficient (Wildman–Crippen LogP) is 1.21. The highest BCUT2D eigenvalue weighted by atomic mass is 16.5. The molecular formula is C15H21N3O3. The van der Waals surface area contributed by atoms with Crippen LogP contribution in [0.2, 0.25) is 0 Å². The van der Waals surface area contributed by atoms with Crippen molar-refractivity contribution in [1.29, 1.82) is 0 Å². The van der Waals surface area contributed by atoms with Gasteiger partial charge in [0.05, 0.1) is 19.1 Å².